The lowest BCUT2D eigenvalue weighted by atomic mass is 10.2. The van der Waals surface area contributed by atoms with E-state index in [1.54, 1.807) is 13.2 Å². The first-order valence-corrected chi connectivity index (χ1v) is 7.19. The molecule has 0 fully saturated rings. The lowest BCUT2D eigenvalue weighted by molar-refractivity contribution is 0.415. The third-order valence-electron chi connectivity index (χ3n) is 3.75. The zero-order valence-corrected chi connectivity index (χ0v) is 12.4. The van der Waals surface area contributed by atoms with Crippen molar-refractivity contribution in [3.63, 3.8) is 0 Å². The number of fused-ring (bicyclic) bond motifs is 2. The van der Waals surface area contributed by atoms with Crippen LogP contribution in [0.25, 0.3) is 33.3 Å². The Morgan fingerprint density at radius 1 is 0.957 bits per heavy atom. The topological polar surface area (TPSA) is 67.9 Å². The molecule has 0 saturated carbocycles. The van der Waals surface area contributed by atoms with Gasteiger partial charge in [0.2, 0.25) is 0 Å². The summed E-state index contributed by atoms with van der Waals surface area (Å²) in [5, 5.41) is 1.54. The van der Waals surface area contributed by atoms with Crippen molar-refractivity contribution < 1.29 is 4.74 Å². The molecule has 0 saturated heterocycles. The number of hydrogen-bond donors (Lipinski definition) is 1. The van der Waals surface area contributed by atoms with Gasteiger partial charge in [-0.2, -0.15) is 0 Å². The van der Waals surface area contributed by atoms with Gasteiger partial charge >= 0.3 is 0 Å². The highest BCUT2D eigenvalue weighted by molar-refractivity contribution is 5.83. The number of rotatable bonds is 2. The molecule has 0 aliphatic heterocycles. The fourth-order valence-electron chi connectivity index (χ4n) is 2.57. The van der Waals surface area contributed by atoms with Gasteiger partial charge in [-0.15, -0.1) is 0 Å². The van der Waals surface area contributed by atoms with Gasteiger partial charge in [0, 0.05) is 5.39 Å². The molecule has 23 heavy (non-hydrogen) atoms. The predicted octanol–water partition coefficient (Wildman–Crippen LogP) is 3.15. The molecule has 0 spiro atoms. The molecular weight excluding hydrogens is 290 g/mol. The largest absolute Gasteiger partial charge is 0.497 e. The van der Waals surface area contributed by atoms with Gasteiger partial charge in [0.15, 0.2) is 5.82 Å². The number of nitrogens with zero attached hydrogens (tertiary/aromatic N) is 2. The van der Waals surface area contributed by atoms with Crippen LogP contribution in [0.15, 0.2) is 59.4 Å². The Hall–Kier alpha value is -3.21. The second kappa shape index (κ2) is 5.21. The molecule has 0 bridgehead atoms. The van der Waals surface area contributed by atoms with E-state index in [4.69, 9.17) is 4.74 Å². The van der Waals surface area contributed by atoms with Crippen LogP contribution < -0.4 is 10.3 Å². The summed E-state index contributed by atoms with van der Waals surface area (Å²) < 4.78 is 5.21. The Morgan fingerprint density at radius 2 is 1.83 bits per heavy atom. The fourth-order valence-corrected chi connectivity index (χ4v) is 2.57. The van der Waals surface area contributed by atoms with Crippen molar-refractivity contribution in [3.8, 4) is 17.3 Å². The summed E-state index contributed by atoms with van der Waals surface area (Å²) in [6.07, 6.45) is 0. The van der Waals surface area contributed by atoms with Gasteiger partial charge in [0.25, 0.3) is 5.56 Å². The smallest absolute Gasteiger partial charge is 0.259 e. The van der Waals surface area contributed by atoms with Crippen LogP contribution >= 0.6 is 0 Å². The first kappa shape index (κ1) is 13.5. The molecule has 0 atom stereocenters. The number of hydrogen-bond acceptors (Lipinski definition) is 4. The second-order valence-corrected chi connectivity index (χ2v) is 5.19. The minimum absolute atomic E-state index is 0.165. The molecule has 2 aromatic heterocycles. The number of ether oxygens (including phenoxy) is 1. The lowest BCUT2D eigenvalue weighted by Crippen LogP contribution is -2.09. The van der Waals surface area contributed by atoms with Crippen LogP contribution in [-0.4, -0.2) is 22.1 Å². The van der Waals surface area contributed by atoms with E-state index in [1.807, 2.05) is 48.5 Å². The molecule has 5 heteroatoms. The van der Waals surface area contributed by atoms with Gasteiger partial charge in [-0.3, -0.25) is 4.79 Å². The molecule has 2 aromatic carbocycles. The Bertz CT molecular complexity index is 1090. The van der Waals surface area contributed by atoms with Crippen molar-refractivity contribution in [2.45, 2.75) is 0 Å². The maximum Gasteiger partial charge on any atom is 0.259 e. The summed E-state index contributed by atoms with van der Waals surface area (Å²) >= 11 is 0. The first-order chi connectivity index (χ1) is 11.2. The van der Waals surface area contributed by atoms with Crippen molar-refractivity contribution in [3.05, 3.63) is 65.0 Å². The van der Waals surface area contributed by atoms with Crippen molar-refractivity contribution >= 4 is 21.8 Å². The van der Waals surface area contributed by atoms with E-state index in [0.717, 1.165) is 16.7 Å². The average molecular weight is 303 g/mol. The number of pyridine rings is 1. The number of para-hydroxylation sites is 1. The molecule has 2 heterocycles. The molecule has 0 radical (unpaired) electrons. The number of nitrogens with one attached hydrogen (secondary N) is 1. The van der Waals surface area contributed by atoms with Crippen LogP contribution in [0, 0.1) is 0 Å². The molecule has 5 nitrogen and oxygen atoms in total. The minimum Gasteiger partial charge on any atom is -0.497 e. The summed E-state index contributed by atoms with van der Waals surface area (Å²) in [5.41, 5.74) is 1.94. The van der Waals surface area contributed by atoms with Gasteiger partial charge in [0.05, 0.1) is 23.5 Å². The van der Waals surface area contributed by atoms with Crippen molar-refractivity contribution in [2.75, 3.05) is 7.11 Å². The fraction of sp³-hybridized carbons (Fsp3) is 0.0556. The van der Waals surface area contributed by atoms with E-state index < -0.39 is 0 Å². The summed E-state index contributed by atoms with van der Waals surface area (Å²) in [6.45, 7) is 0. The molecular formula is C18H13N3O2. The minimum atomic E-state index is -0.165. The predicted molar refractivity (Wildman–Crippen MR) is 89.7 cm³/mol. The molecule has 0 aliphatic rings. The highest BCUT2D eigenvalue weighted by Gasteiger charge is 2.08. The SMILES string of the molecule is COc1ccc2nc(-c3nc4ccccc4c(=O)[nH]3)ccc2c1. The molecule has 0 amide bonds. The lowest BCUT2D eigenvalue weighted by Gasteiger charge is -2.05. The Kier molecular flexibility index (Phi) is 3.05. The molecule has 0 aliphatic carbocycles. The summed E-state index contributed by atoms with van der Waals surface area (Å²) in [6, 6.07) is 16.7. The number of methoxy groups -OCH3 is 1. The molecule has 1 N–H and O–H groups in total. The van der Waals surface area contributed by atoms with Crippen LogP contribution in [0.3, 0.4) is 0 Å². The quantitative estimate of drug-likeness (QED) is 0.617. The summed E-state index contributed by atoms with van der Waals surface area (Å²) in [4.78, 5) is 24.1. The maximum atomic E-state index is 12.2. The first-order valence-electron chi connectivity index (χ1n) is 7.19. The number of aromatic amines is 1. The molecule has 0 unspecified atom stereocenters. The zero-order chi connectivity index (χ0) is 15.8. The normalized spacial score (nSPS) is 11.0. The monoisotopic (exact) mass is 303 g/mol. The third kappa shape index (κ3) is 2.32. The van der Waals surface area contributed by atoms with E-state index in [2.05, 4.69) is 15.0 Å². The van der Waals surface area contributed by atoms with Gasteiger partial charge in [-0.25, -0.2) is 9.97 Å². The van der Waals surface area contributed by atoms with Crippen molar-refractivity contribution in [1.82, 2.24) is 15.0 Å². The van der Waals surface area contributed by atoms with Crippen molar-refractivity contribution in [1.29, 1.82) is 0 Å². The second-order valence-electron chi connectivity index (χ2n) is 5.19. The Morgan fingerprint density at radius 3 is 2.70 bits per heavy atom. The van der Waals surface area contributed by atoms with E-state index >= 15 is 0 Å². The highest BCUT2D eigenvalue weighted by atomic mass is 16.5. The zero-order valence-electron chi connectivity index (χ0n) is 12.4. The van der Waals surface area contributed by atoms with Gasteiger partial charge < -0.3 is 9.72 Å². The standard InChI is InChI=1S/C18H13N3O2/c1-23-12-7-9-14-11(10-12)6-8-16(19-14)17-20-15-5-3-2-4-13(15)18(22)21-17/h2-10H,1H3,(H,20,21,22). The van der Waals surface area contributed by atoms with Crippen molar-refractivity contribution in [2.24, 2.45) is 0 Å². The Labute approximate surface area is 131 Å². The van der Waals surface area contributed by atoms with Crippen LogP contribution in [0.1, 0.15) is 0 Å². The third-order valence-corrected chi connectivity index (χ3v) is 3.75. The summed E-state index contributed by atoms with van der Waals surface area (Å²) in [5.74, 6) is 1.25. The van der Waals surface area contributed by atoms with Gasteiger partial charge in [0.1, 0.15) is 11.4 Å². The molecule has 4 aromatic rings. The van der Waals surface area contributed by atoms with Crippen LogP contribution in [0.5, 0.6) is 5.75 Å². The van der Waals surface area contributed by atoms with Crippen LogP contribution in [-0.2, 0) is 0 Å². The summed E-state index contributed by atoms with van der Waals surface area (Å²) in [7, 11) is 1.63. The average Bonchev–Trinajstić information content (AvgIpc) is 2.60. The van der Waals surface area contributed by atoms with Gasteiger partial charge in [-0.1, -0.05) is 18.2 Å². The molecule has 112 valence electrons. The number of H-pyrrole nitrogens is 1. The van der Waals surface area contributed by atoms with E-state index in [9.17, 15) is 4.79 Å². The van der Waals surface area contributed by atoms with E-state index in [-0.39, 0.29) is 5.56 Å². The van der Waals surface area contributed by atoms with Crippen LogP contribution in [0.4, 0.5) is 0 Å². The maximum absolute atomic E-state index is 12.2. The Balaban J connectivity index is 1.90. The number of benzene rings is 2. The highest BCUT2D eigenvalue weighted by Crippen LogP contribution is 2.22. The van der Waals surface area contributed by atoms with Crippen LogP contribution in [0.2, 0.25) is 0 Å². The van der Waals surface area contributed by atoms with Gasteiger partial charge in [-0.05, 0) is 36.4 Å². The van der Waals surface area contributed by atoms with E-state index in [1.165, 1.54) is 0 Å². The number of aromatic nitrogens is 3. The van der Waals surface area contributed by atoms with E-state index in [0.29, 0.717) is 22.4 Å². The molecule has 4 rings (SSSR count).